The molecule has 1 saturated carbocycles. The van der Waals surface area contributed by atoms with Crippen molar-refractivity contribution in [1.82, 2.24) is 5.01 Å². The van der Waals surface area contributed by atoms with E-state index in [0.29, 0.717) is 15.1 Å². The summed E-state index contributed by atoms with van der Waals surface area (Å²) in [5.41, 5.74) is 5.15. The predicted octanol–water partition coefficient (Wildman–Crippen LogP) is 8.48. The fraction of sp³-hybridized carbons (Fsp3) is 0.172. The second kappa shape index (κ2) is 10.4. The monoisotopic (exact) mass is 520 g/mol. The first-order chi connectivity index (χ1) is 17.0. The number of halogens is 3. The number of hydrazone groups is 1. The van der Waals surface area contributed by atoms with Gasteiger partial charge in [-0.3, -0.25) is 4.79 Å². The first-order valence-electron chi connectivity index (χ1n) is 11.6. The Kier molecular flexibility index (Phi) is 7.10. The van der Waals surface area contributed by atoms with Gasteiger partial charge in [0.05, 0.1) is 11.8 Å². The van der Waals surface area contributed by atoms with Gasteiger partial charge in [0.25, 0.3) is 5.91 Å². The fourth-order valence-electron chi connectivity index (χ4n) is 4.75. The molecule has 0 bridgehead atoms. The molecule has 0 radical (unpaired) electrons. The molecule has 3 aromatic rings. The molecule has 0 unspecified atom stereocenters. The van der Waals surface area contributed by atoms with E-state index in [1.807, 2.05) is 60.7 Å². The van der Waals surface area contributed by atoms with Gasteiger partial charge in [0.2, 0.25) is 0 Å². The molecule has 3 aromatic carbocycles. The minimum absolute atomic E-state index is 0.122. The lowest BCUT2D eigenvalue weighted by molar-refractivity contribution is -0.128. The minimum atomic E-state index is -0.182. The molecule has 0 saturated heterocycles. The van der Waals surface area contributed by atoms with Crippen LogP contribution in [-0.2, 0) is 4.79 Å². The molecule has 0 spiro atoms. The summed E-state index contributed by atoms with van der Waals surface area (Å²) in [5, 5.41) is 8.58. The smallest absolute Gasteiger partial charge is 0.267 e. The summed E-state index contributed by atoms with van der Waals surface area (Å²) in [6.07, 6.45) is 8.47. The van der Waals surface area contributed by atoms with Crippen LogP contribution in [0.5, 0.6) is 0 Å². The number of fused-ring (bicyclic) bond motifs is 1. The van der Waals surface area contributed by atoms with Crippen molar-refractivity contribution in [3.05, 3.63) is 116 Å². The third kappa shape index (κ3) is 5.38. The number of carbonyl (C=O) groups excluding carboxylic acids is 1. The zero-order chi connectivity index (χ0) is 24.4. The zero-order valence-electron chi connectivity index (χ0n) is 18.9. The maximum atomic E-state index is 13.4. The van der Waals surface area contributed by atoms with Gasteiger partial charge in [-0.2, -0.15) is 5.10 Å². The Morgan fingerprint density at radius 3 is 2.03 bits per heavy atom. The van der Waals surface area contributed by atoms with Gasteiger partial charge in [0.15, 0.2) is 0 Å². The highest BCUT2D eigenvalue weighted by Crippen LogP contribution is 2.44. The summed E-state index contributed by atoms with van der Waals surface area (Å²) in [6, 6.07) is 22.7. The lowest BCUT2D eigenvalue weighted by Gasteiger charge is -2.29. The molecule has 2 atom stereocenters. The number of carbonyl (C=O) groups is 1. The molecule has 1 amide bonds. The molecule has 176 valence electrons. The normalized spacial score (nSPS) is 20.8. The van der Waals surface area contributed by atoms with Crippen LogP contribution >= 0.6 is 34.8 Å². The Morgan fingerprint density at radius 1 is 0.829 bits per heavy atom. The van der Waals surface area contributed by atoms with Crippen molar-refractivity contribution in [2.75, 3.05) is 0 Å². The van der Waals surface area contributed by atoms with Gasteiger partial charge in [0, 0.05) is 27.1 Å². The lowest BCUT2D eigenvalue weighted by Crippen LogP contribution is -2.30. The van der Waals surface area contributed by atoms with Gasteiger partial charge >= 0.3 is 0 Å². The number of amides is 1. The molecular weight excluding hydrogens is 499 g/mol. The van der Waals surface area contributed by atoms with E-state index in [0.717, 1.165) is 41.7 Å². The molecule has 1 aliphatic carbocycles. The molecule has 5 rings (SSSR count). The second-order valence-electron chi connectivity index (χ2n) is 8.77. The Bertz CT molecular complexity index is 1310. The molecule has 35 heavy (non-hydrogen) atoms. The van der Waals surface area contributed by atoms with Crippen molar-refractivity contribution in [1.29, 1.82) is 0 Å². The Morgan fingerprint density at radius 2 is 1.40 bits per heavy atom. The van der Waals surface area contributed by atoms with Crippen molar-refractivity contribution >= 4 is 58.6 Å². The van der Waals surface area contributed by atoms with Crippen molar-refractivity contribution in [2.45, 2.75) is 25.3 Å². The van der Waals surface area contributed by atoms with Gasteiger partial charge in [-0.1, -0.05) is 71.2 Å². The fourth-order valence-corrected chi connectivity index (χ4v) is 5.13. The van der Waals surface area contributed by atoms with Gasteiger partial charge in [0.1, 0.15) is 0 Å². The number of hydrogen-bond acceptors (Lipinski definition) is 2. The van der Waals surface area contributed by atoms with E-state index in [2.05, 4.69) is 6.08 Å². The first kappa shape index (κ1) is 23.9. The number of allylic oxidation sites excluding steroid dienone is 1. The molecule has 0 N–H and O–H groups in total. The van der Waals surface area contributed by atoms with Gasteiger partial charge < -0.3 is 0 Å². The Balaban J connectivity index is 1.50. The molecule has 1 aliphatic heterocycles. The first-order valence-corrected chi connectivity index (χ1v) is 12.7. The number of hydrogen-bond donors (Lipinski definition) is 0. The van der Waals surface area contributed by atoms with Crippen LogP contribution in [0.4, 0.5) is 0 Å². The molecule has 2 aliphatic rings. The van der Waals surface area contributed by atoms with Crippen LogP contribution in [0, 0.1) is 5.92 Å². The summed E-state index contributed by atoms with van der Waals surface area (Å²) in [5.74, 6) is -0.0380. The van der Waals surface area contributed by atoms with Crippen molar-refractivity contribution in [3.63, 3.8) is 0 Å². The maximum Gasteiger partial charge on any atom is 0.267 e. The minimum Gasteiger partial charge on any atom is -0.268 e. The highest BCUT2D eigenvalue weighted by molar-refractivity contribution is 6.31. The summed E-state index contributed by atoms with van der Waals surface area (Å²) in [4.78, 5) is 13.4. The van der Waals surface area contributed by atoms with E-state index in [1.54, 1.807) is 29.3 Å². The number of nitrogens with zero attached hydrogens (tertiary/aromatic N) is 2. The average Bonchev–Trinajstić information content (AvgIpc) is 3.26. The molecule has 3 nitrogen and oxygen atoms in total. The van der Waals surface area contributed by atoms with Crippen LogP contribution in [0.25, 0.3) is 12.2 Å². The highest BCUT2D eigenvalue weighted by Gasteiger charge is 2.43. The van der Waals surface area contributed by atoms with E-state index < -0.39 is 0 Å². The van der Waals surface area contributed by atoms with Crippen LogP contribution in [0.2, 0.25) is 15.1 Å². The molecular formula is C29H23Cl3N2O. The van der Waals surface area contributed by atoms with E-state index >= 15 is 0 Å². The van der Waals surface area contributed by atoms with Crippen molar-refractivity contribution < 1.29 is 4.79 Å². The highest BCUT2D eigenvalue weighted by atomic mass is 35.5. The second-order valence-corrected chi connectivity index (χ2v) is 10.1. The SMILES string of the molecule is O=C(/C=C/c1ccc(Cl)cc1)N1N=C2/C(=C/c3ccc(Cl)cc3)CCC[C@@H]2[C@@H]1c1ccc(Cl)cc1. The van der Waals surface area contributed by atoms with E-state index in [-0.39, 0.29) is 17.9 Å². The largest absolute Gasteiger partial charge is 0.268 e. The topological polar surface area (TPSA) is 32.7 Å². The third-order valence-corrected chi connectivity index (χ3v) is 7.19. The number of rotatable bonds is 4. The summed E-state index contributed by atoms with van der Waals surface area (Å²) in [7, 11) is 0. The Hall–Kier alpha value is -2.85. The van der Waals surface area contributed by atoms with Gasteiger partial charge in [-0.15, -0.1) is 0 Å². The van der Waals surface area contributed by atoms with Crippen molar-refractivity contribution in [3.8, 4) is 0 Å². The Labute approximate surface area is 220 Å². The average molecular weight is 522 g/mol. The molecule has 0 aromatic heterocycles. The van der Waals surface area contributed by atoms with E-state index in [9.17, 15) is 4.79 Å². The van der Waals surface area contributed by atoms with Crippen molar-refractivity contribution in [2.24, 2.45) is 11.0 Å². The van der Waals surface area contributed by atoms with Gasteiger partial charge in [-0.05, 0) is 90.1 Å². The summed E-state index contributed by atoms with van der Waals surface area (Å²) >= 11 is 18.2. The quantitative estimate of drug-likeness (QED) is 0.317. The third-order valence-electron chi connectivity index (χ3n) is 6.44. The molecule has 1 fully saturated rings. The lowest BCUT2D eigenvalue weighted by atomic mass is 9.77. The molecule has 1 heterocycles. The molecule has 6 heteroatoms. The van der Waals surface area contributed by atoms with Crippen LogP contribution in [0.3, 0.4) is 0 Å². The summed E-state index contributed by atoms with van der Waals surface area (Å²) < 4.78 is 0. The zero-order valence-corrected chi connectivity index (χ0v) is 21.1. The predicted molar refractivity (Wildman–Crippen MR) is 146 cm³/mol. The van der Waals surface area contributed by atoms with E-state index in [4.69, 9.17) is 39.9 Å². The van der Waals surface area contributed by atoms with Crippen LogP contribution < -0.4 is 0 Å². The van der Waals surface area contributed by atoms with Gasteiger partial charge in [-0.25, -0.2) is 5.01 Å². The van der Waals surface area contributed by atoms with E-state index in [1.165, 1.54) is 5.57 Å². The van der Waals surface area contributed by atoms with Crippen LogP contribution in [-0.4, -0.2) is 16.6 Å². The van der Waals surface area contributed by atoms with Crippen LogP contribution in [0.15, 0.2) is 89.5 Å². The van der Waals surface area contributed by atoms with Crippen LogP contribution in [0.1, 0.15) is 42.0 Å². The maximum absolute atomic E-state index is 13.4. The summed E-state index contributed by atoms with van der Waals surface area (Å²) in [6.45, 7) is 0. The standard InChI is InChI=1S/C29H23Cl3N2O/c30-23-11-4-19(5-12-23)8-17-27(35)34-29(21-9-15-25(32)16-10-21)26-3-1-2-22(28(26)33-34)18-20-6-13-24(31)14-7-20/h4-18,26,29H,1-3H2/b17-8+,22-18+/t26-,29-/m0/s1. The number of benzene rings is 3.